The number of carbonyl (C=O) groups is 2. The lowest BCUT2D eigenvalue weighted by Gasteiger charge is -2.53. The molecule has 1 atom stereocenters. The van der Waals surface area contributed by atoms with Crippen molar-refractivity contribution in [3.05, 3.63) is 60.2 Å². The number of carbonyl (C=O) groups excluding carboxylic acids is 2. The number of nitrogens with one attached hydrogen (secondary N) is 1. The lowest BCUT2D eigenvalue weighted by molar-refractivity contribution is -0.176. The molecule has 1 aromatic heterocycles. The van der Waals surface area contributed by atoms with Gasteiger partial charge in [-0.25, -0.2) is 14.4 Å². The van der Waals surface area contributed by atoms with Crippen LogP contribution in [0.25, 0.3) is 11.0 Å². The molecule has 1 aliphatic rings. The maximum absolute atomic E-state index is 13.0. The minimum Gasteiger partial charge on any atom is -0.333 e. The molecule has 1 saturated heterocycles. The summed E-state index contributed by atoms with van der Waals surface area (Å²) < 4.78 is 1.71. The van der Waals surface area contributed by atoms with E-state index in [0.717, 1.165) is 16.6 Å². The molecular formula is C21H23N5O2. The Morgan fingerprint density at radius 3 is 2.46 bits per heavy atom. The number of para-hydroxylation sites is 1. The zero-order chi connectivity index (χ0) is 19.7. The van der Waals surface area contributed by atoms with Crippen molar-refractivity contribution in [1.82, 2.24) is 25.2 Å². The molecule has 0 saturated carbocycles. The Labute approximate surface area is 163 Å². The van der Waals surface area contributed by atoms with Gasteiger partial charge in [0, 0.05) is 6.54 Å². The van der Waals surface area contributed by atoms with Crippen LogP contribution in [0.2, 0.25) is 0 Å². The molecule has 1 unspecified atom stereocenters. The molecule has 7 nitrogen and oxygen atoms in total. The molecule has 1 fully saturated rings. The number of imide groups is 1. The van der Waals surface area contributed by atoms with Gasteiger partial charge >= 0.3 is 6.03 Å². The minimum absolute atomic E-state index is 0.160. The van der Waals surface area contributed by atoms with Gasteiger partial charge in [0.25, 0.3) is 0 Å². The second-order valence-electron chi connectivity index (χ2n) is 7.08. The van der Waals surface area contributed by atoms with E-state index in [4.69, 9.17) is 0 Å². The first kappa shape index (κ1) is 18.2. The smallest absolute Gasteiger partial charge is 0.326 e. The average Bonchev–Trinajstić information content (AvgIpc) is 3.15. The van der Waals surface area contributed by atoms with Crippen molar-refractivity contribution in [1.29, 1.82) is 0 Å². The average molecular weight is 377 g/mol. The first-order valence-corrected chi connectivity index (χ1v) is 9.57. The van der Waals surface area contributed by atoms with Crippen LogP contribution in [0.5, 0.6) is 0 Å². The summed E-state index contributed by atoms with van der Waals surface area (Å²) in [4.78, 5) is 27.2. The third kappa shape index (κ3) is 2.66. The SMILES string of the molecule is CCC1(CC)C(=O)N(C(=O)NCc2ccccc2)C1n1nnc2ccccc21. The molecular weight excluding hydrogens is 354 g/mol. The quantitative estimate of drug-likeness (QED) is 0.690. The largest absolute Gasteiger partial charge is 0.333 e. The highest BCUT2D eigenvalue weighted by molar-refractivity contribution is 6.03. The number of amides is 3. The Balaban J connectivity index is 1.66. The Kier molecular flexibility index (Phi) is 4.58. The normalized spacial score (nSPS) is 18.1. The van der Waals surface area contributed by atoms with Gasteiger partial charge in [0.15, 0.2) is 6.17 Å². The van der Waals surface area contributed by atoms with E-state index in [1.165, 1.54) is 4.90 Å². The van der Waals surface area contributed by atoms with Gasteiger partial charge in [-0.05, 0) is 30.5 Å². The number of hydrogen-bond donors (Lipinski definition) is 1. The zero-order valence-corrected chi connectivity index (χ0v) is 16.0. The van der Waals surface area contributed by atoms with Crippen LogP contribution in [-0.4, -0.2) is 31.8 Å². The fourth-order valence-corrected chi connectivity index (χ4v) is 4.03. The Hall–Kier alpha value is -3.22. The summed E-state index contributed by atoms with van der Waals surface area (Å²) in [6, 6.07) is 16.8. The van der Waals surface area contributed by atoms with Crippen molar-refractivity contribution in [3.8, 4) is 0 Å². The fourth-order valence-electron chi connectivity index (χ4n) is 4.03. The van der Waals surface area contributed by atoms with Crippen molar-refractivity contribution in [3.63, 3.8) is 0 Å². The minimum atomic E-state index is -0.652. The second kappa shape index (κ2) is 7.07. The number of benzene rings is 2. The zero-order valence-electron chi connectivity index (χ0n) is 16.0. The summed E-state index contributed by atoms with van der Waals surface area (Å²) in [5.41, 5.74) is 1.88. The standard InChI is InChI=1S/C21H23N5O2/c1-3-21(4-2)18(26-17-13-9-8-12-16(17)23-24-26)25(19(21)27)20(28)22-14-15-10-6-5-7-11-15/h5-13,18H,3-4,14H2,1-2H3,(H,22,28). The summed E-state index contributed by atoms with van der Waals surface area (Å²) in [5, 5.41) is 11.4. The van der Waals surface area contributed by atoms with E-state index >= 15 is 0 Å². The summed E-state index contributed by atoms with van der Waals surface area (Å²) >= 11 is 0. The van der Waals surface area contributed by atoms with Gasteiger partial charge in [0.2, 0.25) is 5.91 Å². The van der Waals surface area contributed by atoms with Crippen molar-refractivity contribution in [2.24, 2.45) is 5.41 Å². The number of aromatic nitrogens is 3. The number of rotatable bonds is 5. The molecule has 0 radical (unpaired) electrons. The Morgan fingerprint density at radius 2 is 1.75 bits per heavy atom. The summed E-state index contributed by atoms with van der Waals surface area (Å²) in [5.74, 6) is -0.160. The molecule has 2 heterocycles. The second-order valence-corrected chi connectivity index (χ2v) is 7.08. The molecule has 28 heavy (non-hydrogen) atoms. The number of likely N-dealkylation sites (tertiary alicyclic amines) is 1. The lowest BCUT2D eigenvalue weighted by atomic mass is 9.70. The van der Waals surface area contributed by atoms with Crippen molar-refractivity contribution >= 4 is 23.0 Å². The first-order chi connectivity index (χ1) is 13.6. The third-order valence-corrected chi connectivity index (χ3v) is 5.76. The van der Waals surface area contributed by atoms with Crippen molar-refractivity contribution in [2.75, 3.05) is 0 Å². The summed E-state index contributed by atoms with van der Waals surface area (Å²) in [7, 11) is 0. The van der Waals surface area contributed by atoms with E-state index < -0.39 is 17.6 Å². The van der Waals surface area contributed by atoms with Crippen LogP contribution in [-0.2, 0) is 11.3 Å². The predicted octanol–water partition coefficient (Wildman–Crippen LogP) is 3.49. The highest BCUT2D eigenvalue weighted by Gasteiger charge is 2.62. The third-order valence-electron chi connectivity index (χ3n) is 5.76. The van der Waals surface area contributed by atoms with Crippen LogP contribution in [0.4, 0.5) is 4.79 Å². The van der Waals surface area contributed by atoms with Crippen LogP contribution in [0.15, 0.2) is 54.6 Å². The van der Waals surface area contributed by atoms with Crippen LogP contribution >= 0.6 is 0 Å². The van der Waals surface area contributed by atoms with E-state index in [-0.39, 0.29) is 5.91 Å². The molecule has 1 aliphatic heterocycles. The maximum atomic E-state index is 13.0. The van der Waals surface area contributed by atoms with Crippen LogP contribution < -0.4 is 5.32 Å². The van der Waals surface area contributed by atoms with Crippen LogP contribution in [0.1, 0.15) is 38.4 Å². The molecule has 1 N–H and O–H groups in total. The van der Waals surface area contributed by atoms with Gasteiger partial charge in [0.1, 0.15) is 5.52 Å². The monoisotopic (exact) mass is 377 g/mol. The summed E-state index contributed by atoms with van der Waals surface area (Å²) in [6.45, 7) is 4.32. The van der Waals surface area contributed by atoms with Gasteiger partial charge in [-0.15, -0.1) is 5.10 Å². The van der Waals surface area contributed by atoms with E-state index in [2.05, 4.69) is 15.6 Å². The van der Waals surface area contributed by atoms with Gasteiger partial charge in [-0.1, -0.05) is 61.5 Å². The van der Waals surface area contributed by atoms with Crippen molar-refractivity contribution < 1.29 is 9.59 Å². The molecule has 0 aliphatic carbocycles. The van der Waals surface area contributed by atoms with E-state index in [1.54, 1.807) is 4.68 Å². The molecule has 4 rings (SSSR count). The van der Waals surface area contributed by atoms with E-state index in [9.17, 15) is 9.59 Å². The highest BCUT2D eigenvalue weighted by atomic mass is 16.2. The number of hydrogen-bond acceptors (Lipinski definition) is 4. The van der Waals surface area contributed by atoms with Gasteiger partial charge in [0.05, 0.1) is 10.9 Å². The maximum Gasteiger partial charge on any atom is 0.326 e. The molecule has 0 spiro atoms. The number of nitrogens with zero attached hydrogens (tertiary/aromatic N) is 4. The Bertz CT molecular complexity index is 1010. The predicted molar refractivity (Wildman–Crippen MR) is 105 cm³/mol. The molecule has 0 bridgehead atoms. The number of fused-ring (bicyclic) bond motifs is 1. The molecule has 3 amide bonds. The Morgan fingerprint density at radius 1 is 1.07 bits per heavy atom. The van der Waals surface area contributed by atoms with Crippen molar-refractivity contribution in [2.45, 2.75) is 39.4 Å². The van der Waals surface area contributed by atoms with E-state index in [1.807, 2.05) is 68.4 Å². The molecule has 2 aromatic carbocycles. The van der Waals surface area contributed by atoms with Gasteiger partial charge in [-0.3, -0.25) is 4.79 Å². The highest BCUT2D eigenvalue weighted by Crippen LogP contribution is 2.52. The first-order valence-electron chi connectivity index (χ1n) is 9.57. The lowest BCUT2D eigenvalue weighted by Crippen LogP contribution is -2.68. The molecule has 3 aromatic rings. The van der Waals surface area contributed by atoms with Crippen LogP contribution in [0.3, 0.4) is 0 Å². The summed E-state index contributed by atoms with van der Waals surface area (Å²) in [6.07, 6.45) is 0.769. The number of β-lactam (4-membered cyclic amide) rings is 1. The van der Waals surface area contributed by atoms with E-state index in [0.29, 0.717) is 19.4 Å². The molecule has 144 valence electrons. The van der Waals surface area contributed by atoms with Crippen LogP contribution in [0, 0.1) is 5.41 Å². The molecule has 7 heteroatoms. The fraction of sp³-hybridized carbons (Fsp3) is 0.333. The van der Waals surface area contributed by atoms with Gasteiger partial charge in [-0.2, -0.15) is 0 Å². The van der Waals surface area contributed by atoms with Gasteiger partial charge < -0.3 is 5.32 Å². The number of urea groups is 1. The topological polar surface area (TPSA) is 80.1 Å².